The average Bonchev–Trinajstić information content (AvgIpc) is 2.39. The van der Waals surface area contributed by atoms with Gasteiger partial charge in [0.2, 0.25) is 0 Å². The van der Waals surface area contributed by atoms with Crippen molar-refractivity contribution in [1.29, 1.82) is 0 Å². The first-order valence-corrected chi connectivity index (χ1v) is 7.21. The second-order valence-electron chi connectivity index (χ2n) is 4.12. The molecule has 0 saturated carbocycles. The van der Waals surface area contributed by atoms with E-state index in [4.69, 9.17) is 11.6 Å². The minimum atomic E-state index is -0.401. The van der Waals surface area contributed by atoms with E-state index in [0.29, 0.717) is 6.42 Å². The predicted molar refractivity (Wildman–Crippen MR) is 84.6 cm³/mol. The first kappa shape index (κ1) is 14.3. The molecule has 0 aromatic heterocycles. The third-order valence-corrected chi connectivity index (χ3v) is 4.18. The number of hydrogen-bond acceptors (Lipinski definition) is 2. The first-order valence-electron chi connectivity index (χ1n) is 5.70. The summed E-state index contributed by atoms with van der Waals surface area (Å²) in [4.78, 5) is 10.2. The molecule has 0 radical (unpaired) electrons. The number of halogens is 2. The third kappa shape index (κ3) is 3.67. The van der Waals surface area contributed by atoms with E-state index >= 15 is 0 Å². The van der Waals surface area contributed by atoms with Gasteiger partial charge in [-0.15, -0.1) is 11.6 Å². The molecule has 0 amide bonds. The van der Waals surface area contributed by atoms with E-state index < -0.39 is 4.92 Å². The Labute approximate surface area is 129 Å². The number of alkyl halides is 1. The molecule has 0 heterocycles. The lowest BCUT2D eigenvalue weighted by molar-refractivity contribution is -0.384. The van der Waals surface area contributed by atoms with Crippen molar-refractivity contribution in [1.82, 2.24) is 0 Å². The fourth-order valence-corrected chi connectivity index (χ4v) is 3.12. The number of nitro benzene ring substituents is 1. The Hall–Kier alpha value is -1.14. The molecule has 2 rings (SSSR count). The molecule has 0 N–H and O–H groups in total. The summed E-state index contributed by atoms with van der Waals surface area (Å²) in [7, 11) is 0. The van der Waals surface area contributed by atoms with Crippen LogP contribution in [0.2, 0.25) is 0 Å². The van der Waals surface area contributed by atoms with Gasteiger partial charge in [0.25, 0.3) is 5.69 Å². The van der Waals surface area contributed by atoms with Crippen LogP contribution in [0, 0.1) is 13.7 Å². The second kappa shape index (κ2) is 6.34. The predicted octanol–water partition coefficient (Wildman–Crippen LogP) is 4.72. The smallest absolute Gasteiger partial charge is 0.258 e. The van der Waals surface area contributed by atoms with Crippen LogP contribution in [0.3, 0.4) is 0 Å². The number of non-ortho nitro benzene ring substituents is 1. The van der Waals surface area contributed by atoms with Crippen molar-refractivity contribution in [2.75, 3.05) is 0 Å². The maximum atomic E-state index is 10.6. The van der Waals surface area contributed by atoms with E-state index in [1.54, 1.807) is 12.1 Å². The zero-order valence-electron chi connectivity index (χ0n) is 9.92. The van der Waals surface area contributed by atoms with Crippen LogP contribution in [0.4, 0.5) is 5.69 Å². The minimum Gasteiger partial charge on any atom is -0.258 e. The van der Waals surface area contributed by atoms with Gasteiger partial charge in [0.05, 0.1) is 10.3 Å². The molecule has 3 nitrogen and oxygen atoms in total. The van der Waals surface area contributed by atoms with Crippen molar-refractivity contribution in [2.45, 2.75) is 11.8 Å². The lowest BCUT2D eigenvalue weighted by Gasteiger charge is -2.11. The van der Waals surface area contributed by atoms with Gasteiger partial charge in [-0.1, -0.05) is 30.3 Å². The molecule has 1 atom stereocenters. The fraction of sp³-hybridized carbons (Fsp3) is 0.143. The van der Waals surface area contributed by atoms with Gasteiger partial charge in [-0.2, -0.15) is 0 Å². The Morgan fingerprint density at radius 1 is 1.16 bits per heavy atom. The largest absolute Gasteiger partial charge is 0.269 e. The Kier molecular flexibility index (Phi) is 4.76. The molecular weight excluding hydrogens is 377 g/mol. The minimum absolute atomic E-state index is 0.101. The normalized spacial score (nSPS) is 12.1. The van der Waals surface area contributed by atoms with E-state index in [1.807, 2.05) is 24.3 Å². The van der Waals surface area contributed by atoms with Crippen molar-refractivity contribution < 1.29 is 4.92 Å². The van der Waals surface area contributed by atoms with Crippen LogP contribution in [0.5, 0.6) is 0 Å². The molecule has 2 aromatic carbocycles. The molecule has 0 aliphatic heterocycles. The Morgan fingerprint density at radius 3 is 2.37 bits per heavy atom. The van der Waals surface area contributed by atoms with Crippen molar-refractivity contribution in [3.8, 4) is 0 Å². The lowest BCUT2D eigenvalue weighted by atomic mass is 10.0. The van der Waals surface area contributed by atoms with Crippen LogP contribution in [0.15, 0.2) is 48.5 Å². The highest BCUT2D eigenvalue weighted by molar-refractivity contribution is 14.1. The van der Waals surface area contributed by atoms with Crippen LogP contribution >= 0.6 is 34.2 Å². The Balaban J connectivity index is 2.13. The van der Waals surface area contributed by atoms with Gasteiger partial charge < -0.3 is 0 Å². The molecule has 5 heteroatoms. The number of hydrogen-bond donors (Lipinski definition) is 0. The average molecular weight is 388 g/mol. The van der Waals surface area contributed by atoms with Gasteiger partial charge in [-0.25, -0.2) is 0 Å². The zero-order valence-corrected chi connectivity index (χ0v) is 12.8. The summed E-state index contributed by atoms with van der Waals surface area (Å²) in [5.74, 6) is 0. The van der Waals surface area contributed by atoms with Crippen LogP contribution < -0.4 is 0 Å². The third-order valence-electron chi connectivity index (χ3n) is 2.80. The van der Waals surface area contributed by atoms with Crippen LogP contribution in [-0.4, -0.2) is 4.92 Å². The Bertz CT molecular complexity index is 586. The molecule has 0 bridgehead atoms. The van der Waals surface area contributed by atoms with E-state index in [-0.39, 0.29) is 11.1 Å². The summed E-state index contributed by atoms with van der Waals surface area (Å²) >= 11 is 8.67. The highest BCUT2D eigenvalue weighted by atomic mass is 127. The van der Waals surface area contributed by atoms with E-state index in [0.717, 1.165) is 14.7 Å². The summed E-state index contributed by atoms with van der Waals surface area (Å²) in [6.07, 6.45) is 0.652. The highest BCUT2D eigenvalue weighted by Crippen LogP contribution is 2.29. The quantitative estimate of drug-likeness (QED) is 0.330. The standard InChI is InChI=1S/C14H11ClINO2/c15-13(12-3-1-2-4-14(12)16)9-10-5-7-11(8-6-10)17(18)19/h1-8,13H,9H2. The lowest BCUT2D eigenvalue weighted by Crippen LogP contribution is -1.98. The van der Waals surface area contributed by atoms with E-state index in [9.17, 15) is 10.1 Å². The molecule has 1 unspecified atom stereocenters. The van der Waals surface area contributed by atoms with Crippen molar-refractivity contribution in [2.24, 2.45) is 0 Å². The molecule has 2 aromatic rings. The molecule has 0 aliphatic carbocycles. The highest BCUT2D eigenvalue weighted by Gasteiger charge is 2.12. The number of nitrogens with zero attached hydrogens (tertiary/aromatic N) is 1. The summed E-state index contributed by atoms with van der Waals surface area (Å²) in [5, 5.41) is 10.4. The van der Waals surface area contributed by atoms with Crippen molar-refractivity contribution >= 4 is 39.9 Å². The number of rotatable bonds is 4. The fourth-order valence-electron chi connectivity index (χ4n) is 1.80. The van der Waals surface area contributed by atoms with Gasteiger partial charge >= 0.3 is 0 Å². The van der Waals surface area contributed by atoms with Crippen LogP contribution in [0.25, 0.3) is 0 Å². The molecule has 98 valence electrons. The summed E-state index contributed by atoms with van der Waals surface area (Å²) in [6, 6.07) is 14.5. The molecule has 0 aliphatic rings. The number of benzene rings is 2. The van der Waals surface area contributed by atoms with Crippen molar-refractivity contribution in [3.05, 3.63) is 73.3 Å². The van der Waals surface area contributed by atoms with Gasteiger partial charge in [0, 0.05) is 15.7 Å². The molecular formula is C14H11ClINO2. The van der Waals surface area contributed by atoms with Gasteiger partial charge in [-0.05, 0) is 46.2 Å². The monoisotopic (exact) mass is 387 g/mol. The van der Waals surface area contributed by atoms with Crippen LogP contribution in [0.1, 0.15) is 16.5 Å². The molecule has 0 spiro atoms. The van der Waals surface area contributed by atoms with Gasteiger partial charge in [-0.3, -0.25) is 10.1 Å². The SMILES string of the molecule is O=[N+]([O-])c1ccc(CC(Cl)c2ccccc2I)cc1. The Morgan fingerprint density at radius 2 is 1.79 bits per heavy atom. The first-order chi connectivity index (χ1) is 9.08. The van der Waals surface area contributed by atoms with E-state index in [2.05, 4.69) is 22.6 Å². The van der Waals surface area contributed by atoms with Crippen LogP contribution in [-0.2, 0) is 6.42 Å². The number of nitro groups is 1. The second-order valence-corrected chi connectivity index (χ2v) is 5.81. The maximum absolute atomic E-state index is 10.6. The summed E-state index contributed by atoms with van der Waals surface area (Å²) in [5.41, 5.74) is 2.18. The summed E-state index contributed by atoms with van der Waals surface area (Å²) < 4.78 is 1.13. The van der Waals surface area contributed by atoms with Gasteiger partial charge in [0.15, 0.2) is 0 Å². The zero-order chi connectivity index (χ0) is 13.8. The van der Waals surface area contributed by atoms with Crippen molar-refractivity contribution in [3.63, 3.8) is 0 Å². The summed E-state index contributed by atoms with van der Waals surface area (Å²) in [6.45, 7) is 0. The molecule has 0 fully saturated rings. The topological polar surface area (TPSA) is 43.1 Å². The van der Waals surface area contributed by atoms with E-state index in [1.165, 1.54) is 12.1 Å². The van der Waals surface area contributed by atoms with Gasteiger partial charge in [0.1, 0.15) is 0 Å². The maximum Gasteiger partial charge on any atom is 0.269 e. The molecule has 19 heavy (non-hydrogen) atoms. The molecule has 0 saturated heterocycles.